The van der Waals surface area contributed by atoms with Crippen LogP contribution >= 0.6 is 0 Å². The molecule has 0 aliphatic heterocycles. The van der Waals surface area contributed by atoms with E-state index in [4.69, 9.17) is 4.74 Å². The van der Waals surface area contributed by atoms with Gasteiger partial charge in [0.25, 0.3) is 5.91 Å². The molecule has 148 valence electrons. The van der Waals surface area contributed by atoms with Crippen LogP contribution in [0.1, 0.15) is 49.7 Å². The largest absolute Gasteiger partial charge is 0.455 e. The average Bonchev–Trinajstić information content (AvgIpc) is 3.22. The van der Waals surface area contributed by atoms with Gasteiger partial charge in [-0.25, -0.2) is 4.39 Å². The van der Waals surface area contributed by atoms with Crippen LogP contribution in [0.25, 0.3) is 0 Å². The van der Waals surface area contributed by atoms with E-state index in [1.807, 2.05) is 37.3 Å². The number of benzene rings is 2. The predicted octanol–water partition coefficient (Wildman–Crippen LogP) is 4.10. The van der Waals surface area contributed by atoms with Crippen LogP contribution in [-0.4, -0.2) is 25.0 Å². The fraction of sp³-hybridized carbons (Fsp3) is 0.391. The SMILES string of the molecule is CC(CNC(=O)COC(=O)C1(c2cccc(F)c2)CCCC1)c1ccccc1. The highest BCUT2D eigenvalue weighted by Gasteiger charge is 2.44. The summed E-state index contributed by atoms with van der Waals surface area (Å²) < 4.78 is 19.0. The molecule has 28 heavy (non-hydrogen) atoms. The molecule has 1 aliphatic carbocycles. The summed E-state index contributed by atoms with van der Waals surface area (Å²) in [6.45, 7) is 2.17. The van der Waals surface area contributed by atoms with Crippen molar-refractivity contribution in [3.8, 4) is 0 Å². The molecular formula is C23H26FNO3. The van der Waals surface area contributed by atoms with Gasteiger partial charge in [-0.3, -0.25) is 9.59 Å². The van der Waals surface area contributed by atoms with E-state index in [1.165, 1.54) is 12.1 Å². The minimum atomic E-state index is -0.848. The van der Waals surface area contributed by atoms with Crippen LogP contribution < -0.4 is 5.32 Å². The topological polar surface area (TPSA) is 55.4 Å². The van der Waals surface area contributed by atoms with E-state index in [2.05, 4.69) is 5.32 Å². The fourth-order valence-corrected chi connectivity index (χ4v) is 3.86. The van der Waals surface area contributed by atoms with Crippen LogP contribution in [0, 0.1) is 5.82 Å². The third-order valence-electron chi connectivity index (χ3n) is 5.53. The van der Waals surface area contributed by atoms with Gasteiger partial charge < -0.3 is 10.1 Å². The van der Waals surface area contributed by atoms with Crippen molar-refractivity contribution in [1.29, 1.82) is 0 Å². The van der Waals surface area contributed by atoms with Crippen molar-refractivity contribution in [1.82, 2.24) is 5.32 Å². The minimum absolute atomic E-state index is 0.161. The molecule has 2 aromatic rings. The van der Waals surface area contributed by atoms with Crippen LogP contribution in [0.4, 0.5) is 4.39 Å². The molecule has 2 aromatic carbocycles. The van der Waals surface area contributed by atoms with E-state index in [1.54, 1.807) is 12.1 Å². The number of hydrogen-bond donors (Lipinski definition) is 1. The van der Waals surface area contributed by atoms with Crippen molar-refractivity contribution in [3.05, 3.63) is 71.5 Å². The highest BCUT2D eigenvalue weighted by atomic mass is 19.1. The molecule has 1 saturated carbocycles. The van der Waals surface area contributed by atoms with E-state index in [-0.39, 0.29) is 24.2 Å². The lowest BCUT2D eigenvalue weighted by Crippen LogP contribution is -2.38. The van der Waals surface area contributed by atoms with Crippen LogP contribution in [0.2, 0.25) is 0 Å². The number of halogens is 1. The van der Waals surface area contributed by atoms with Crippen LogP contribution in [-0.2, 0) is 19.7 Å². The van der Waals surface area contributed by atoms with Crippen LogP contribution in [0.15, 0.2) is 54.6 Å². The zero-order valence-electron chi connectivity index (χ0n) is 16.1. The molecule has 0 bridgehead atoms. The Kier molecular flexibility index (Phi) is 6.45. The molecule has 0 heterocycles. The molecule has 5 heteroatoms. The second-order valence-corrected chi connectivity index (χ2v) is 7.49. The monoisotopic (exact) mass is 383 g/mol. The Bertz CT molecular complexity index is 816. The minimum Gasteiger partial charge on any atom is -0.455 e. The molecule has 0 saturated heterocycles. The van der Waals surface area contributed by atoms with Crippen molar-refractivity contribution in [2.24, 2.45) is 0 Å². The highest BCUT2D eigenvalue weighted by Crippen LogP contribution is 2.42. The molecule has 1 fully saturated rings. The van der Waals surface area contributed by atoms with E-state index < -0.39 is 11.4 Å². The van der Waals surface area contributed by atoms with Gasteiger partial charge in [-0.1, -0.05) is 62.2 Å². The summed E-state index contributed by atoms with van der Waals surface area (Å²) in [6.07, 6.45) is 2.99. The van der Waals surface area contributed by atoms with Crippen LogP contribution in [0.5, 0.6) is 0 Å². The Morgan fingerprint density at radius 1 is 1.11 bits per heavy atom. The van der Waals surface area contributed by atoms with Crippen molar-refractivity contribution in [3.63, 3.8) is 0 Å². The first kappa shape index (κ1) is 20.1. The summed E-state index contributed by atoms with van der Waals surface area (Å²) in [4.78, 5) is 25.0. The summed E-state index contributed by atoms with van der Waals surface area (Å²) in [5.74, 6) is -0.982. The molecule has 0 spiro atoms. The number of ether oxygens (including phenoxy) is 1. The van der Waals surface area contributed by atoms with Crippen molar-refractivity contribution < 1.29 is 18.7 Å². The molecule has 3 rings (SSSR count). The van der Waals surface area contributed by atoms with Gasteiger partial charge in [0.15, 0.2) is 6.61 Å². The molecule has 4 nitrogen and oxygen atoms in total. The molecule has 1 aliphatic rings. The van der Waals surface area contributed by atoms with E-state index in [9.17, 15) is 14.0 Å². The summed E-state index contributed by atoms with van der Waals surface area (Å²) in [7, 11) is 0. The second kappa shape index (κ2) is 9.00. The van der Waals surface area contributed by atoms with Gasteiger partial charge in [0.2, 0.25) is 0 Å². The molecule has 1 atom stereocenters. The highest BCUT2D eigenvalue weighted by molar-refractivity contribution is 5.86. The maximum atomic E-state index is 13.7. The van der Waals surface area contributed by atoms with Gasteiger partial charge in [-0.05, 0) is 42.0 Å². The molecule has 1 N–H and O–H groups in total. The predicted molar refractivity (Wildman–Crippen MR) is 105 cm³/mol. The maximum absolute atomic E-state index is 13.7. The summed E-state index contributed by atoms with van der Waals surface area (Å²) in [5.41, 5.74) is 0.920. The molecular weight excluding hydrogens is 357 g/mol. The number of rotatable bonds is 7. The zero-order chi connectivity index (χ0) is 20.0. The lowest BCUT2D eigenvalue weighted by molar-refractivity contribution is -0.154. The van der Waals surface area contributed by atoms with Gasteiger partial charge in [-0.15, -0.1) is 0 Å². The normalized spacial score (nSPS) is 16.4. The van der Waals surface area contributed by atoms with Gasteiger partial charge >= 0.3 is 5.97 Å². The van der Waals surface area contributed by atoms with E-state index in [0.717, 1.165) is 18.4 Å². The van der Waals surface area contributed by atoms with Crippen molar-refractivity contribution >= 4 is 11.9 Å². The third kappa shape index (κ3) is 4.58. The Hall–Kier alpha value is -2.69. The van der Waals surface area contributed by atoms with Crippen LogP contribution in [0.3, 0.4) is 0 Å². The smallest absolute Gasteiger partial charge is 0.317 e. The fourth-order valence-electron chi connectivity index (χ4n) is 3.86. The first-order valence-electron chi connectivity index (χ1n) is 9.76. The number of carbonyl (C=O) groups is 2. The van der Waals surface area contributed by atoms with Gasteiger partial charge in [0.05, 0.1) is 5.41 Å². The van der Waals surface area contributed by atoms with Gasteiger partial charge in [-0.2, -0.15) is 0 Å². The average molecular weight is 383 g/mol. The Balaban J connectivity index is 1.55. The summed E-state index contributed by atoms with van der Waals surface area (Å²) in [6, 6.07) is 16.0. The zero-order valence-corrected chi connectivity index (χ0v) is 16.1. The first-order valence-corrected chi connectivity index (χ1v) is 9.76. The number of esters is 1. The standard InChI is InChI=1S/C23H26FNO3/c1-17(18-8-3-2-4-9-18)15-25-21(26)16-28-22(27)23(12-5-6-13-23)19-10-7-11-20(24)14-19/h2-4,7-11,14,17H,5-6,12-13,15-16H2,1H3,(H,25,26). The lowest BCUT2D eigenvalue weighted by Gasteiger charge is -2.27. The second-order valence-electron chi connectivity index (χ2n) is 7.49. The third-order valence-corrected chi connectivity index (χ3v) is 5.53. The number of hydrogen-bond acceptors (Lipinski definition) is 3. The molecule has 1 amide bonds. The maximum Gasteiger partial charge on any atom is 0.317 e. The molecule has 0 aromatic heterocycles. The van der Waals surface area contributed by atoms with Gasteiger partial charge in [0, 0.05) is 6.54 Å². The first-order chi connectivity index (χ1) is 13.5. The van der Waals surface area contributed by atoms with Crippen molar-refractivity contribution in [2.45, 2.75) is 43.9 Å². The molecule has 1 unspecified atom stereocenters. The lowest BCUT2D eigenvalue weighted by atomic mass is 9.79. The van der Waals surface area contributed by atoms with E-state index >= 15 is 0 Å². The molecule has 0 radical (unpaired) electrons. The Morgan fingerprint density at radius 3 is 2.50 bits per heavy atom. The Morgan fingerprint density at radius 2 is 1.82 bits per heavy atom. The number of nitrogens with one attached hydrogen (secondary N) is 1. The van der Waals surface area contributed by atoms with Gasteiger partial charge in [0.1, 0.15) is 5.82 Å². The summed E-state index contributed by atoms with van der Waals surface area (Å²) >= 11 is 0. The Labute approximate surface area is 165 Å². The quantitative estimate of drug-likeness (QED) is 0.733. The van der Waals surface area contributed by atoms with E-state index in [0.29, 0.717) is 24.9 Å². The van der Waals surface area contributed by atoms with Crippen molar-refractivity contribution in [2.75, 3.05) is 13.2 Å². The summed E-state index contributed by atoms with van der Waals surface area (Å²) in [5, 5.41) is 2.81. The number of carbonyl (C=O) groups excluding carboxylic acids is 2. The number of amides is 1.